The van der Waals surface area contributed by atoms with E-state index in [1.807, 2.05) is 29.8 Å². The maximum Gasteiger partial charge on any atom is 0.117 e. The number of imidazole rings is 1. The van der Waals surface area contributed by atoms with Crippen LogP contribution in [0.4, 0.5) is 0 Å². The molecule has 0 aliphatic rings. The highest BCUT2D eigenvalue weighted by molar-refractivity contribution is 5.39. The third-order valence-electron chi connectivity index (χ3n) is 1.93. The first-order chi connectivity index (χ1) is 6.27. The molecular formula is C10H10N2O. The lowest BCUT2D eigenvalue weighted by Gasteiger charge is -2.04. The Hall–Kier alpha value is -1.77. The van der Waals surface area contributed by atoms with Gasteiger partial charge in [0.05, 0.1) is 5.69 Å². The highest BCUT2D eigenvalue weighted by Crippen LogP contribution is 2.15. The standard InChI is InChI=1S/C10H10N2O/c1-8-11-5-6-12(8)9-3-2-4-10(13)7-9/h2-7,13H,1H3. The summed E-state index contributed by atoms with van der Waals surface area (Å²) in [5.74, 6) is 1.18. The number of nitrogens with zero attached hydrogens (tertiary/aromatic N) is 2. The topological polar surface area (TPSA) is 38.0 Å². The van der Waals surface area contributed by atoms with Gasteiger partial charge in [0, 0.05) is 18.5 Å². The number of aryl methyl sites for hydroxylation is 1. The summed E-state index contributed by atoms with van der Waals surface area (Å²) in [6.45, 7) is 1.92. The third-order valence-corrected chi connectivity index (χ3v) is 1.93. The highest BCUT2D eigenvalue weighted by atomic mass is 16.3. The minimum Gasteiger partial charge on any atom is -0.508 e. The van der Waals surface area contributed by atoms with Crippen LogP contribution in [-0.4, -0.2) is 14.7 Å². The number of phenols is 1. The van der Waals surface area contributed by atoms with Crippen molar-refractivity contribution in [2.24, 2.45) is 0 Å². The van der Waals surface area contributed by atoms with Gasteiger partial charge in [0.2, 0.25) is 0 Å². The molecule has 0 atom stereocenters. The maximum atomic E-state index is 9.27. The first-order valence-electron chi connectivity index (χ1n) is 4.07. The molecule has 66 valence electrons. The van der Waals surface area contributed by atoms with Crippen molar-refractivity contribution in [1.82, 2.24) is 9.55 Å². The van der Waals surface area contributed by atoms with Gasteiger partial charge in [-0.1, -0.05) is 6.07 Å². The van der Waals surface area contributed by atoms with Gasteiger partial charge in [-0.2, -0.15) is 0 Å². The maximum absolute atomic E-state index is 9.27. The number of aromatic nitrogens is 2. The van der Waals surface area contributed by atoms with Crippen LogP contribution in [-0.2, 0) is 0 Å². The molecule has 0 bridgehead atoms. The van der Waals surface area contributed by atoms with Crippen molar-refractivity contribution in [3.05, 3.63) is 42.5 Å². The van der Waals surface area contributed by atoms with Crippen molar-refractivity contribution in [3.63, 3.8) is 0 Å². The SMILES string of the molecule is Cc1nccn1-c1cccc(O)c1. The number of aromatic hydroxyl groups is 1. The van der Waals surface area contributed by atoms with Gasteiger partial charge in [-0.3, -0.25) is 0 Å². The van der Waals surface area contributed by atoms with Gasteiger partial charge in [-0.05, 0) is 19.1 Å². The fourth-order valence-electron chi connectivity index (χ4n) is 1.29. The molecule has 2 aromatic rings. The lowest BCUT2D eigenvalue weighted by molar-refractivity contribution is 0.475. The molecule has 13 heavy (non-hydrogen) atoms. The van der Waals surface area contributed by atoms with Crippen molar-refractivity contribution < 1.29 is 5.11 Å². The quantitative estimate of drug-likeness (QED) is 0.716. The van der Waals surface area contributed by atoms with Crippen LogP contribution in [0.15, 0.2) is 36.7 Å². The molecule has 0 radical (unpaired) electrons. The van der Waals surface area contributed by atoms with Crippen LogP contribution >= 0.6 is 0 Å². The van der Waals surface area contributed by atoms with Crippen LogP contribution in [0.1, 0.15) is 5.82 Å². The number of phenolic OH excluding ortho intramolecular Hbond substituents is 1. The van der Waals surface area contributed by atoms with Crippen molar-refractivity contribution in [1.29, 1.82) is 0 Å². The average Bonchev–Trinajstić information content (AvgIpc) is 2.51. The molecule has 0 spiro atoms. The number of benzene rings is 1. The van der Waals surface area contributed by atoms with Crippen LogP contribution in [0.25, 0.3) is 5.69 Å². The second kappa shape index (κ2) is 2.94. The Morgan fingerprint density at radius 1 is 1.38 bits per heavy atom. The van der Waals surface area contributed by atoms with E-state index >= 15 is 0 Å². The Kier molecular flexibility index (Phi) is 1.77. The Morgan fingerprint density at radius 2 is 2.23 bits per heavy atom. The molecular weight excluding hydrogens is 164 g/mol. The molecule has 0 unspecified atom stereocenters. The Bertz CT molecular complexity index is 420. The molecule has 1 N–H and O–H groups in total. The number of hydrogen-bond acceptors (Lipinski definition) is 2. The Morgan fingerprint density at radius 3 is 2.85 bits per heavy atom. The van der Waals surface area contributed by atoms with Crippen LogP contribution in [0, 0.1) is 6.92 Å². The van der Waals surface area contributed by atoms with E-state index in [0.717, 1.165) is 11.5 Å². The zero-order valence-corrected chi connectivity index (χ0v) is 7.31. The molecule has 1 aromatic carbocycles. The summed E-state index contributed by atoms with van der Waals surface area (Å²) in [5, 5.41) is 9.27. The van der Waals surface area contributed by atoms with Crippen molar-refractivity contribution in [2.75, 3.05) is 0 Å². The van der Waals surface area contributed by atoms with Gasteiger partial charge in [0.25, 0.3) is 0 Å². The first kappa shape index (κ1) is 7.86. The molecule has 0 amide bonds. The summed E-state index contributed by atoms with van der Waals surface area (Å²) in [4.78, 5) is 4.10. The highest BCUT2D eigenvalue weighted by Gasteiger charge is 1.99. The fraction of sp³-hybridized carbons (Fsp3) is 0.100. The van der Waals surface area contributed by atoms with Gasteiger partial charge in [0.1, 0.15) is 11.6 Å². The fourth-order valence-corrected chi connectivity index (χ4v) is 1.29. The lowest BCUT2D eigenvalue weighted by Crippen LogP contribution is -1.94. The summed E-state index contributed by atoms with van der Waals surface area (Å²) in [6.07, 6.45) is 3.60. The summed E-state index contributed by atoms with van der Waals surface area (Å²) < 4.78 is 1.92. The first-order valence-corrected chi connectivity index (χ1v) is 4.07. The van der Waals surface area contributed by atoms with Crippen LogP contribution in [0.5, 0.6) is 5.75 Å². The van der Waals surface area contributed by atoms with E-state index in [2.05, 4.69) is 4.98 Å². The zero-order valence-electron chi connectivity index (χ0n) is 7.31. The molecule has 1 heterocycles. The predicted molar refractivity (Wildman–Crippen MR) is 50.0 cm³/mol. The van der Waals surface area contributed by atoms with Gasteiger partial charge in [-0.15, -0.1) is 0 Å². The van der Waals surface area contributed by atoms with Crippen LogP contribution in [0.3, 0.4) is 0 Å². The van der Waals surface area contributed by atoms with Crippen molar-refractivity contribution in [3.8, 4) is 11.4 Å². The van der Waals surface area contributed by atoms with Crippen LogP contribution < -0.4 is 0 Å². The molecule has 3 heteroatoms. The van der Waals surface area contributed by atoms with Crippen molar-refractivity contribution >= 4 is 0 Å². The Balaban J connectivity index is 2.53. The third kappa shape index (κ3) is 1.40. The number of rotatable bonds is 1. The minimum atomic E-state index is 0.269. The van der Waals surface area contributed by atoms with E-state index in [9.17, 15) is 5.11 Å². The molecule has 0 fully saturated rings. The second-order valence-electron chi connectivity index (χ2n) is 2.86. The van der Waals surface area contributed by atoms with E-state index in [4.69, 9.17) is 0 Å². The van der Waals surface area contributed by atoms with E-state index in [1.165, 1.54) is 0 Å². The van der Waals surface area contributed by atoms with Crippen LogP contribution in [0.2, 0.25) is 0 Å². The molecule has 1 aromatic heterocycles. The largest absolute Gasteiger partial charge is 0.508 e. The van der Waals surface area contributed by atoms with E-state index < -0.39 is 0 Å². The molecule has 0 aliphatic carbocycles. The smallest absolute Gasteiger partial charge is 0.117 e. The van der Waals surface area contributed by atoms with Gasteiger partial charge >= 0.3 is 0 Å². The number of hydrogen-bond donors (Lipinski definition) is 1. The zero-order chi connectivity index (χ0) is 9.26. The summed E-state index contributed by atoms with van der Waals surface area (Å²) in [7, 11) is 0. The van der Waals surface area contributed by atoms with E-state index in [0.29, 0.717) is 0 Å². The van der Waals surface area contributed by atoms with Gasteiger partial charge in [0.15, 0.2) is 0 Å². The van der Waals surface area contributed by atoms with Gasteiger partial charge in [-0.25, -0.2) is 4.98 Å². The van der Waals surface area contributed by atoms with E-state index in [-0.39, 0.29) is 5.75 Å². The Labute approximate surface area is 76.3 Å². The molecule has 0 aliphatic heterocycles. The molecule has 0 saturated heterocycles. The van der Waals surface area contributed by atoms with Crippen molar-refractivity contribution in [2.45, 2.75) is 6.92 Å². The second-order valence-corrected chi connectivity index (χ2v) is 2.86. The minimum absolute atomic E-state index is 0.269. The molecule has 2 rings (SSSR count). The van der Waals surface area contributed by atoms with Gasteiger partial charge < -0.3 is 9.67 Å². The molecule has 3 nitrogen and oxygen atoms in total. The monoisotopic (exact) mass is 174 g/mol. The molecule has 0 saturated carbocycles. The summed E-state index contributed by atoms with van der Waals surface area (Å²) >= 11 is 0. The summed E-state index contributed by atoms with van der Waals surface area (Å²) in [6, 6.07) is 7.09. The average molecular weight is 174 g/mol. The normalized spacial score (nSPS) is 10.2. The summed E-state index contributed by atoms with van der Waals surface area (Å²) in [5.41, 5.74) is 0.926. The predicted octanol–water partition coefficient (Wildman–Crippen LogP) is 1.89. The van der Waals surface area contributed by atoms with E-state index in [1.54, 1.807) is 18.3 Å². The lowest BCUT2D eigenvalue weighted by atomic mass is 10.3.